The van der Waals surface area contributed by atoms with Crippen molar-refractivity contribution in [3.63, 3.8) is 0 Å². The summed E-state index contributed by atoms with van der Waals surface area (Å²) in [4.78, 5) is 107. The van der Waals surface area contributed by atoms with Gasteiger partial charge in [-0.05, 0) is 87.6 Å². The molecule has 0 heterocycles. The molecule has 360 valence electrons. The number of aliphatic hydroxyl groups is 1. The molecule has 1 rings (SSSR count). The van der Waals surface area contributed by atoms with Crippen molar-refractivity contribution in [1.29, 1.82) is 0 Å². The van der Waals surface area contributed by atoms with Crippen LogP contribution in [0.5, 0.6) is 5.75 Å². The van der Waals surface area contributed by atoms with Gasteiger partial charge in [0.05, 0.1) is 30.3 Å². The molecule has 0 spiro atoms. The van der Waals surface area contributed by atoms with E-state index in [1.54, 1.807) is 18.7 Å². The van der Waals surface area contributed by atoms with E-state index in [0.29, 0.717) is 37.0 Å². The number of primary amides is 1. The lowest BCUT2D eigenvalue weighted by Crippen LogP contribution is -2.57. The normalized spacial score (nSPS) is 14.9. The second-order valence-electron chi connectivity index (χ2n) is 16.7. The first-order valence-electron chi connectivity index (χ1n) is 21.7. The lowest BCUT2D eigenvalue weighted by atomic mass is 9.88. The maximum absolute atomic E-state index is 14.2. The molecule has 1 aromatic carbocycles. The molecule has 64 heavy (non-hydrogen) atoms. The summed E-state index contributed by atoms with van der Waals surface area (Å²) >= 11 is 1.55. The van der Waals surface area contributed by atoms with Crippen molar-refractivity contribution in [2.24, 2.45) is 40.9 Å². The molecule has 0 aliphatic heterocycles. The molecule has 0 aliphatic rings. The summed E-state index contributed by atoms with van der Waals surface area (Å²) in [5.41, 5.74) is 17.4. The van der Waals surface area contributed by atoms with Crippen LogP contribution in [0.1, 0.15) is 97.5 Å². The number of aromatic hydroxyl groups is 1. The molecule has 0 bridgehead atoms. The molecule has 0 unspecified atom stereocenters. The molecule has 0 saturated carbocycles. The Hall–Kier alpha value is -5.21. The number of nitrogens with one attached hydrogen (secondary N) is 5. The largest absolute Gasteiger partial charge is 0.508 e. The van der Waals surface area contributed by atoms with E-state index in [2.05, 4.69) is 33.2 Å². The van der Waals surface area contributed by atoms with E-state index in [9.17, 15) is 53.7 Å². The summed E-state index contributed by atoms with van der Waals surface area (Å²) in [7, 11) is 0. The van der Waals surface area contributed by atoms with Gasteiger partial charge < -0.3 is 59.1 Å². The molecule has 1 aromatic rings. The number of carboxylic acids is 1. The van der Waals surface area contributed by atoms with Crippen LogP contribution in [0.4, 0.5) is 0 Å². The number of aliphatic hydroxyl groups excluding tert-OH is 1. The number of unbranched alkanes of at least 4 members (excludes halogenated alkanes) is 1. The zero-order valence-electron chi connectivity index (χ0n) is 37.9. The number of carboxylic acid groups (broad SMARTS) is 1. The third-order valence-corrected chi connectivity index (χ3v) is 11.2. The third kappa shape index (κ3) is 22.4. The lowest BCUT2D eigenvalue weighted by molar-refractivity contribution is -0.142. The van der Waals surface area contributed by atoms with Crippen LogP contribution in [0.25, 0.3) is 0 Å². The number of nitrogens with two attached hydrogens (primary N) is 3. The minimum Gasteiger partial charge on any atom is -0.508 e. The van der Waals surface area contributed by atoms with E-state index in [1.165, 1.54) is 31.2 Å². The van der Waals surface area contributed by atoms with Crippen LogP contribution in [-0.4, -0.2) is 118 Å². The fourth-order valence-corrected chi connectivity index (χ4v) is 7.34. The van der Waals surface area contributed by atoms with Gasteiger partial charge in [-0.25, -0.2) is 0 Å². The van der Waals surface area contributed by atoms with Crippen LogP contribution in [0.15, 0.2) is 36.7 Å². The Morgan fingerprint density at radius 2 is 1.31 bits per heavy atom. The summed E-state index contributed by atoms with van der Waals surface area (Å²) in [6, 6.07) is 0.547. The molecule has 0 aromatic heterocycles. The summed E-state index contributed by atoms with van der Waals surface area (Å²) in [5, 5.41) is 43.4. The molecule has 14 N–H and O–H groups in total. The highest BCUT2D eigenvalue weighted by atomic mass is 32.2. The fourth-order valence-electron chi connectivity index (χ4n) is 6.75. The number of benzene rings is 1. The van der Waals surface area contributed by atoms with Gasteiger partial charge in [0, 0.05) is 37.6 Å². The number of phenolic OH excluding ortho intramolecular Hbond substituents is 1. The Balaban J connectivity index is 3.54. The first kappa shape index (κ1) is 56.8. The number of thioether (sulfide) groups is 1. The standard InChI is InChI=1S/C44H72N8O11S/c1-25(2)20-35(40(47)59)51-43(62)33(11-9-18-48-28(5)46)49-44(63)36(21-29-12-14-31(54)15-13-29)52-41(60)30(10-7-8-17-45)22-38(56)34(24-39(57)58)50-42(61)32(27(4)53)23-37(55)26(3)16-19-64-6/h12-15,25-27,30,32-36,48,53-54H,5,7-11,16-24,45-46H2,1-4,6H3,(H2,47,59)(H,49,63)(H,50,61)(H,51,62)(H,52,60)(H,57,58)/t26-,27+,30+,32-,33-,34-,35-,36-/m0/s1. The molecular weight excluding hydrogens is 849 g/mol. The Labute approximate surface area is 380 Å². The molecule has 0 radical (unpaired) electrons. The van der Waals surface area contributed by atoms with Gasteiger partial charge in [-0.15, -0.1) is 0 Å². The Kier molecular flexibility index (Phi) is 26.6. The highest BCUT2D eigenvalue weighted by Crippen LogP contribution is 2.21. The summed E-state index contributed by atoms with van der Waals surface area (Å²) in [6.07, 6.45) is 0.693. The van der Waals surface area contributed by atoms with Gasteiger partial charge in [0.25, 0.3) is 0 Å². The number of hydrogen-bond donors (Lipinski definition) is 11. The maximum Gasteiger partial charge on any atom is 0.305 e. The maximum atomic E-state index is 14.2. The molecule has 0 fully saturated rings. The van der Waals surface area contributed by atoms with Gasteiger partial charge in [0.15, 0.2) is 5.78 Å². The first-order valence-corrected chi connectivity index (χ1v) is 23.1. The monoisotopic (exact) mass is 921 g/mol. The predicted octanol–water partition coefficient (Wildman–Crippen LogP) is 0.730. The average molecular weight is 921 g/mol. The number of carbonyl (C=O) groups is 8. The van der Waals surface area contributed by atoms with Crippen molar-refractivity contribution >= 4 is 58.8 Å². The summed E-state index contributed by atoms with van der Waals surface area (Å²) in [6.45, 7) is 10.8. The number of phenols is 1. The number of rotatable bonds is 34. The van der Waals surface area contributed by atoms with E-state index in [1.807, 2.05) is 20.1 Å². The minimum atomic E-state index is -1.64. The van der Waals surface area contributed by atoms with Crippen molar-refractivity contribution in [2.75, 3.05) is 25.1 Å². The predicted molar refractivity (Wildman–Crippen MR) is 244 cm³/mol. The molecule has 0 aliphatic carbocycles. The number of Topliss-reactive ketones (excluding diaryl/α,β-unsaturated/α-hetero) is 2. The van der Waals surface area contributed by atoms with Crippen molar-refractivity contribution in [2.45, 2.75) is 129 Å². The van der Waals surface area contributed by atoms with Crippen LogP contribution in [0.2, 0.25) is 0 Å². The molecule has 8 atom stereocenters. The van der Waals surface area contributed by atoms with Gasteiger partial charge in [0.2, 0.25) is 29.5 Å². The van der Waals surface area contributed by atoms with E-state index in [4.69, 9.17) is 17.2 Å². The van der Waals surface area contributed by atoms with E-state index < -0.39 is 102 Å². The summed E-state index contributed by atoms with van der Waals surface area (Å²) in [5.74, 6) is -8.50. The van der Waals surface area contributed by atoms with Crippen molar-refractivity contribution in [1.82, 2.24) is 26.6 Å². The third-order valence-electron chi connectivity index (χ3n) is 10.6. The van der Waals surface area contributed by atoms with Crippen LogP contribution < -0.4 is 43.8 Å². The smallest absolute Gasteiger partial charge is 0.305 e. The van der Waals surface area contributed by atoms with Crippen molar-refractivity contribution < 1.29 is 53.7 Å². The molecular formula is C44H72N8O11S. The minimum absolute atomic E-state index is 0.0175. The highest BCUT2D eigenvalue weighted by Gasteiger charge is 2.36. The van der Waals surface area contributed by atoms with Gasteiger partial charge in [-0.3, -0.25) is 38.4 Å². The summed E-state index contributed by atoms with van der Waals surface area (Å²) < 4.78 is 0. The van der Waals surface area contributed by atoms with Crippen molar-refractivity contribution in [3.05, 3.63) is 42.2 Å². The Morgan fingerprint density at radius 3 is 1.86 bits per heavy atom. The zero-order valence-corrected chi connectivity index (χ0v) is 38.7. The first-order chi connectivity index (χ1) is 30.1. The molecule has 5 amide bonds. The molecule has 20 heteroatoms. The molecule has 0 saturated heterocycles. The lowest BCUT2D eigenvalue weighted by Gasteiger charge is -2.27. The number of aliphatic carboxylic acids is 1. The number of carbonyl (C=O) groups excluding carboxylic acids is 7. The van der Waals surface area contributed by atoms with Gasteiger partial charge in [-0.2, -0.15) is 11.8 Å². The van der Waals surface area contributed by atoms with Crippen LogP contribution in [-0.2, 0) is 44.8 Å². The van der Waals surface area contributed by atoms with Crippen LogP contribution in [0.3, 0.4) is 0 Å². The highest BCUT2D eigenvalue weighted by molar-refractivity contribution is 7.98. The Bertz CT molecular complexity index is 1710. The second kappa shape index (κ2) is 30.0. The fraction of sp³-hybridized carbons (Fsp3) is 0.636. The van der Waals surface area contributed by atoms with Gasteiger partial charge >= 0.3 is 5.97 Å². The average Bonchev–Trinajstić information content (AvgIpc) is 3.21. The topological polar surface area (TPSA) is 335 Å². The van der Waals surface area contributed by atoms with Gasteiger partial charge in [-0.1, -0.05) is 45.9 Å². The van der Waals surface area contributed by atoms with E-state index in [-0.39, 0.29) is 68.5 Å². The quantitative estimate of drug-likeness (QED) is 0.0425. The SMILES string of the molecule is C=C(N)NCCC[C@H](NC(=O)[C@H](Cc1ccc(O)cc1)NC(=O)[C@H](CCCCN)CC(=O)[C@H](CC(=O)O)NC(=O)[C@@H](CC(=O)[C@@H](C)CCSC)[C@@H](C)O)C(=O)N[C@@H](CC(C)C)C(N)=O. The molecule has 19 nitrogen and oxygen atoms in total. The number of ketones is 2. The number of hydrogen-bond acceptors (Lipinski definition) is 14. The van der Waals surface area contributed by atoms with E-state index in [0.717, 1.165) is 0 Å². The zero-order chi connectivity index (χ0) is 48.5. The van der Waals surface area contributed by atoms with Crippen LogP contribution >= 0.6 is 11.8 Å². The second-order valence-corrected chi connectivity index (χ2v) is 17.7. The van der Waals surface area contributed by atoms with E-state index >= 15 is 0 Å². The van der Waals surface area contributed by atoms with Gasteiger partial charge in [0.1, 0.15) is 29.7 Å². The van der Waals surface area contributed by atoms with Crippen molar-refractivity contribution in [3.8, 4) is 5.75 Å². The Morgan fingerprint density at radius 1 is 0.719 bits per heavy atom. The van der Waals surface area contributed by atoms with Crippen LogP contribution in [0, 0.1) is 23.7 Å². The number of amides is 5.